The number of esters is 1. The zero-order chi connectivity index (χ0) is 12.0. The van der Waals surface area contributed by atoms with Crippen molar-refractivity contribution < 1.29 is 9.53 Å². The zero-order valence-corrected chi connectivity index (χ0v) is 9.93. The normalized spacial score (nSPS) is 12.4. The quantitative estimate of drug-likeness (QED) is 0.535. The molecule has 16 heavy (non-hydrogen) atoms. The SMILES string of the molecule is COC(=O)C(C)CNCCc1nncn1C. The smallest absolute Gasteiger partial charge is 0.309 e. The van der Waals surface area contributed by atoms with Gasteiger partial charge in [-0.15, -0.1) is 10.2 Å². The summed E-state index contributed by atoms with van der Waals surface area (Å²) in [6.45, 7) is 3.22. The topological polar surface area (TPSA) is 69.0 Å². The molecule has 1 N–H and O–H groups in total. The van der Waals surface area contributed by atoms with Gasteiger partial charge < -0.3 is 14.6 Å². The second kappa shape index (κ2) is 6.22. The molecule has 0 fully saturated rings. The first-order valence-corrected chi connectivity index (χ1v) is 5.26. The Morgan fingerprint density at radius 2 is 2.44 bits per heavy atom. The minimum Gasteiger partial charge on any atom is -0.469 e. The Morgan fingerprint density at radius 1 is 1.69 bits per heavy atom. The van der Waals surface area contributed by atoms with E-state index in [0.29, 0.717) is 6.54 Å². The summed E-state index contributed by atoms with van der Waals surface area (Å²) < 4.78 is 6.51. The third-order valence-corrected chi connectivity index (χ3v) is 2.38. The molecule has 0 bridgehead atoms. The van der Waals surface area contributed by atoms with Crippen LogP contribution in [0.15, 0.2) is 6.33 Å². The molecule has 6 heteroatoms. The van der Waals surface area contributed by atoms with Gasteiger partial charge >= 0.3 is 5.97 Å². The molecule has 0 spiro atoms. The number of aryl methyl sites for hydroxylation is 1. The van der Waals surface area contributed by atoms with Crippen LogP contribution >= 0.6 is 0 Å². The lowest BCUT2D eigenvalue weighted by Crippen LogP contribution is -2.29. The highest BCUT2D eigenvalue weighted by atomic mass is 16.5. The van der Waals surface area contributed by atoms with Crippen LogP contribution in [0.1, 0.15) is 12.7 Å². The molecular formula is C10H18N4O2. The van der Waals surface area contributed by atoms with E-state index in [-0.39, 0.29) is 11.9 Å². The molecule has 1 heterocycles. The molecule has 1 aromatic heterocycles. The van der Waals surface area contributed by atoms with Gasteiger partial charge in [-0.1, -0.05) is 6.92 Å². The third-order valence-electron chi connectivity index (χ3n) is 2.38. The maximum atomic E-state index is 11.1. The molecule has 0 radical (unpaired) electrons. The molecule has 0 aliphatic rings. The highest BCUT2D eigenvalue weighted by Crippen LogP contribution is 1.96. The Kier molecular flexibility index (Phi) is 4.91. The van der Waals surface area contributed by atoms with E-state index in [1.54, 1.807) is 6.33 Å². The van der Waals surface area contributed by atoms with E-state index in [4.69, 9.17) is 0 Å². The molecule has 0 aliphatic carbocycles. The molecule has 0 amide bonds. The Labute approximate surface area is 95.0 Å². The Bertz CT molecular complexity index is 337. The van der Waals surface area contributed by atoms with Gasteiger partial charge in [0.1, 0.15) is 12.2 Å². The zero-order valence-electron chi connectivity index (χ0n) is 9.93. The fraction of sp³-hybridized carbons (Fsp3) is 0.700. The van der Waals surface area contributed by atoms with Gasteiger partial charge in [-0.25, -0.2) is 0 Å². The fourth-order valence-corrected chi connectivity index (χ4v) is 1.34. The van der Waals surface area contributed by atoms with Gasteiger partial charge in [0.15, 0.2) is 0 Å². The highest BCUT2D eigenvalue weighted by molar-refractivity contribution is 5.71. The molecule has 0 aliphatic heterocycles. The van der Waals surface area contributed by atoms with Gasteiger partial charge in [0.2, 0.25) is 0 Å². The van der Waals surface area contributed by atoms with Crippen molar-refractivity contribution in [3.63, 3.8) is 0 Å². The van der Waals surface area contributed by atoms with Crippen LogP contribution in [0.3, 0.4) is 0 Å². The van der Waals surface area contributed by atoms with Crippen LogP contribution in [0.25, 0.3) is 0 Å². The fourth-order valence-electron chi connectivity index (χ4n) is 1.34. The van der Waals surface area contributed by atoms with Crippen LogP contribution in [-0.2, 0) is 23.0 Å². The summed E-state index contributed by atoms with van der Waals surface area (Å²) in [4.78, 5) is 11.1. The van der Waals surface area contributed by atoms with E-state index in [2.05, 4.69) is 20.3 Å². The molecule has 90 valence electrons. The number of rotatable bonds is 6. The van der Waals surface area contributed by atoms with Crippen molar-refractivity contribution in [1.29, 1.82) is 0 Å². The number of hydrogen-bond donors (Lipinski definition) is 1. The molecule has 1 aromatic rings. The molecule has 6 nitrogen and oxygen atoms in total. The summed E-state index contributed by atoms with van der Waals surface area (Å²) in [6, 6.07) is 0. The number of methoxy groups -OCH3 is 1. The van der Waals surface area contributed by atoms with Crippen molar-refractivity contribution in [1.82, 2.24) is 20.1 Å². The molecule has 1 atom stereocenters. The average Bonchev–Trinajstić information content (AvgIpc) is 2.69. The van der Waals surface area contributed by atoms with Crippen molar-refractivity contribution in [3.05, 3.63) is 12.2 Å². The Morgan fingerprint density at radius 3 is 3.00 bits per heavy atom. The van der Waals surface area contributed by atoms with E-state index in [1.807, 2.05) is 18.5 Å². The van der Waals surface area contributed by atoms with Gasteiger partial charge in [0.05, 0.1) is 13.0 Å². The number of carbonyl (C=O) groups is 1. The van der Waals surface area contributed by atoms with E-state index < -0.39 is 0 Å². The van der Waals surface area contributed by atoms with E-state index in [1.165, 1.54) is 7.11 Å². The molecule has 0 aromatic carbocycles. The Hall–Kier alpha value is -1.43. The molecular weight excluding hydrogens is 208 g/mol. The minimum absolute atomic E-state index is 0.121. The van der Waals surface area contributed by atoms with Gasteiger partial charge in [0.25, 0.3) is 0 Å². The summed E-state index contributed by atoms with van der Waals surface area (Å²) >= 11 is 0. The standard InChI is InChI=1S/C10H18N4O2/c1-8(10(15)16-3)6-11-5-4-9-13-12-7-14(9)2/h7-8,11H,4-6H2,1-3H3. The number of aromatic nitrogens is 3. The van der Waals surface area contributed by atoms with Crippen LogP contribution in [-0.4, -0.2) is 40.9 Å². The lowest BCUT2D eigenvalue weighted by molar-refractivity contribution is -0.144. The van der Waals surface area contributed by atoms with Crippen LogP contribution in [0.2, 0.25) is 0 Å². The van der Waals surface area contributed by atoms with E-state index in [9.17, 15) is 4.79 Å². The van der Waals surface area contributed by atoms with Crippen LogP contribution in [0.4, 0.5) is 0 Å². The lowest BCUT2D eigenvalue weighted by atomic mass is 10.2. The van der Waals surface area contributed by atoms with Gasteiger partial charge in [-0.2, -0.15) is 0 Å². The van der Waals surface area contributed by atoms with Crippen LogP contribution in [0.5, 0.6) is 0 Å². The third kappa shape index (κ3) is 3.62. The second-order valence-corrected chi connectivity index (χ2v) is 3.74. The summed E-state index contributed by atoms with van der Waals surface area (Å²) in [5.41, 5.74) is 0. The first kappa shape index (κ1) is 12.6. The summed E-state index contributed by atoms with van der Waals surface area (Å²) in [7, 11) is 3.31. The number of ether oxygens (including phenoxy) is 1. The van der Waals surface area contributed by atoms with Crippen LogP contribution in [0, 0.1) is 5.92 Å². The number of nitrogens with zero attached hydrogens (tertiary/aromatic N) is 3. The largest absolute Gasteiger partial charge is 0.469 e. The number of carbonyl (C=O) groups excluding carboxylic acids is 1. The maximum Gasteiger partial charge on any atom is 0.309 e. The summed E-state index contributed by atoms with van der Waals surface area (Å²) in [6.07, 6.45) is 2.47. The minimum atomic E-state index is -0.189. The molecule has 0 saturated carbocycles. The van der Waals surface area contributed by atoms with Crippen molar-refractivity contribution in [2.24, 2.45) is 13.0 Å². The van der Waals surface area contributed by atoms with Gasteiger partial charge in [-0.05, 0) is 0 Å². The predicted octanol–water partition coefficient (Wildman–Crippen LogP) is -0.244. The number of nitrogens with one attached hydrogen (secondary N) is 1. The number of hydrogen-bond acceptors (Lipinski definition) is 5. The summed E-state index contributed by atoms with van der Waals surface area (Å²) in [5.74, 6) is 0.619. The maximum absolute atomic E-state index is 11.1. The van der Waals surface area contributed by atoms with E-state index in [0.717, 1.165) is 18.8 Å². The van der Waals surface area contributed by atoms with Crippen LogP contribution < -0.4 is 5.32 Å². The Balaban J connectivity index is 2.17. The molecule has 0 saturated heterocycles. The monoisotopic (exact) mass is 226 g/mol. The molecule has 1 unspecified atom stereocenters. The second-order valence-electron chi connectivity index (χ2n) is 3.74. The first-order valence-electron chi connectivity index (χ1n) is 5.26. The van der Waals surface area contributed by atoms with Gasteiger partial charge in [0, 0.05) is 26.6 Å². The average molecular weight is 226 g/mol. The van der Waals surface area contributed by atoms with Gasteiger partial charge in [-0.3, -0.25) is 4.79 Å². The highest BCUT2D eigenvalue weighted by Gasteiger charge is 2.11. The lowest BCUT2D eigenvalue weighted by Gasteiger charge is -2.09. The molecule has 1 rings (SSSR count). The van der Waals surface area contributed by atoms with Crippen molar-refractivity contribution in [2.75, 3.05) is 20.2 Å². The van der Waals surface area contributed by atoms with E-state index >= 15 is 0 Å². The van der Waals surface area contributed by atoms with Crippen molar-refractivity contribution in [2.45, 2.75) is 13.3 Å². The van der Waals surface area contributed by atoms with Crippen molar-refractivity contribution in [3.8, 4) is 0 Å². The first-order chi connectivity index (χ1) is 7.65. The predicted molar refractivity (Wildman–Crippen MR) is 58.8 cm³/mol. The van der Waals surface area contributed by atoms with Crippen molar-refractivity contribution >= 4 is 5.97 Å². The summed E-state index contributed by atoms with van der Waals surface area (Å²) in [5, 5.41) is 10.9.